The standard InChI is InChI=1S/C25H29N3O5S2/c1-14-15(2)24-20(16(3)23(14)31-17(4)29)10-11-25(5,32-24)13-22(34)26-19-8-6-18(7-9-19)12-21-27-33-35(30)28-21/h6-9H,10-13H2,1-5H3,(H,26,34)(H,27,28). The van der Waals surface area contributed by atoms with Crippen molar-refractivity contribution < 1.29 is 22.8 Å². The Bertz CT molecular complexity index is 1240. The maximum Gasteiger partial charge on any atom is 0.309 e. The van der Waals surface area contributed by atoms with Crippen LogP contribution in [0.15, 0.2) is 28.7 Å². The first-order chi connectivity index (χ1) is 16.5. The van der Waals surface area contributed by atoms with Crippen LogP contribution in [0.1, 0.15) is 54.5 Å². The van der Waals surface area contributed by atoms with Crippen LogP contribution < -0.4 is 20.3 Å². The largest absolute Gasteiger partial charge is 0.487 e. The predicted octanol–water partition coefficient (Wildman–Crippen LogP) is 4.50. The zero-order valence-corrected chi connectivity index (χ0v) is 22.1. The van der Waals surface area contributed by atoms with Crippen LogP contribution in [-0.2, 0) is 33.2 Å². The third kappa shape index (κ3) is 5.71. The van der Waals surface area contributed by atoms with Crippen molar-refractivity contribution in [2.24, 2.45) is 4.40 Å². The second kappa shape index (κ2) is 10.0. The summed E-state index contributed by atoms with van der Waals surface area (Å²) < 4.78 is 31.8. The van der Waals surface area contributed by atoms with Crippen molar-refractivity contribution in [2.75, 3.05) is 5.32 Å². The number of anilines is 1. The molecule has 186 valence electrons. The van der Waals surface area contributed by atoms with E-state index in [1.807, 2.05) is 45.0 Å². The Morgan fingerprint density at radius 3 is 2.57 bits per heavy atom. The Morgan fingerprint density at radius 1 is 1.23 bits per heavy atom. The van der Waals surface area contributed by atoms with Gasteiger partial charge < -0.3 is 14.8 Å². The zero-order valence-electron chi connectivity index (χ0n) is 20.4. The number of hydrogen-bond acceptors (Lipinski definition) is 7. The summed E-state index contributed by atoms with van der Waals surface area (Å²) in [5, 5.41) is 3.31. The fourth-order valence-electron chi connectivity index (χ4n) is 4.43. The molecule has 2 N–H and O–H groups in total. The van der Waals surface area contributed by atoms with Crippen molar-refractivity contribution in [3.63, 3.8) is 0 Å². The first kappa shape index (κ1) is 25.3. The van der Waals surface area contributed by atoms with Gasteiger partial charge in [0.25, 0.3) is 0 Å². The highest BCUT2D eigenvalue weighted by Gasteiger charge is 2.36. The number of hydrogen-bond donors (Lipinski definition) is 2. The number of benzene rings is 2. The molecule has 2 aromatic rings. The number of hydroxylamine groups is 1. The number of esters is 1. The van der Waals surface area contributed by atoms with Gasteiger partial charge in [-0.25, -0.2) is 9.69 Å². The summed E-state index contributed by atoms with van der Waals surface area (Å²) in [5.74, 6) is 1.71. The molecule has 2 atom stereocenters. The normalized spacial score (nSPS) is 20.8. The van der Waals surface area contributed by atoms with Crippen LogP contribution in [0.2, 0.25) is 0 Å². The fraction of sp³-hybridized carbons (Fsp3) is 0.400. The number of rotatable bonds is 6. The van der Waals surface area contributed by atoms with E-state index in [-0.39, 0.29) is 5.97 Å². The topological polar surface area (TPSA) is 98.2 Å². The summed E-state index contributed by atoms with van der Waals surface area (Å²) in [6, 6.07) is 7.81. The Morgan fingerprint density at radius 2 is 1.94 bits per heavy atom. The molecule has 8 nitrogen and oxygen atoms in total. The number of thiocarbonyl (C=S) groups is 1. The molecule has 35 heavy (non-hydrogen) atoms. The zero-order chi connectivity index (χ0) is 25.3. The molecular weight excluding hydrogens is 486 g/mol. The van der Waals surface area contributed by atoms with E-state index in [0.717, 1.165) is 52.1 Å². The van der Waals surface area contributed by atoms with Crippen LogP contribution >= 0.6 is 12.2 Å². The molecule has 0 spiro atoms. The van der Waals surface area contributed by atoms with Crippen molar-refractivity contribution in [3.8, 4) is 11.5 Å². The fourth-order valence-corrected chi connectivity index (χ4v) is 5.34. The van der Waals surface area contributed by atoms with Crippen LogP contribution in [-0.4, -0.2) is 26.6 Å². The Balaban J connectivity index is 1.42. The molecule has 10 heteroatoms. The first-order valence-electron chi connectivity index (χ1n) is 11.4. The Labute approximate surface area is 213 Å². The molecule has 0 saturated heterocycles. The van der Waals surface area contributed by atoms with Gasteiger partial charge in [-0.15, -0.1) is 4.40 Å². The molecule has 0 amide bonds. The van der Waals surface area contributed by atoms with E-state index in [1.54, 1.807) is 0 Å². The minimum absolute atomic E-state index is 0.323. The highest BCUT2D eigenvalue weighted by Crippen LogP contribution is 2.44. The SMILES string of the molecule is CC(=O)Oc1c(C)c(C)c2c(c1C)CCC(C)(CC(=S)Nc1ccc(CC3=NS(=O)ON3)cc1)O2. The molecule has 2 heterocycles. The number of nitrogens with one attached hydrogen (secondary N) is 2. The summed E-state index contributed by atoms with van der Waals surface area (Å²) in [7, 11) is 0. The van der Waals surface area contributed by atoms with E-state index in [1.165, 1.54) is 6.92 Å². The summed E-state index contributed by atoms with van der Waals surface area (Å²) in [4.78, 5) is 12.3. The van der Waals surface area contributed by atoms with Crippen molar-refractivity contribution in [3.05, 3.63) is 52.1 Å². The lowest BCUT2D eigenvalue weighted by molar-refractivity contribution is -0.132. The molecule has 0 fully saturated rings. The number of carbonyl (C=O) groups is 1. The highest BCUT2D eigenvalue weighted by atomic mass is 32.2. The number of fused-ring (bicyclic) bond motifs is 1. The van der Waals surface area contributed by atoms with Gasteiger partial charge in [-0.1, -0.05) is 24.4 Å². The minimum atomic E-state index is -1.65. The molecular formula is C25H29N3O5S2. The lowest BCUT2D eigenvalue weighted by atomic mass is 9.85. The van der Waals surface area contributed by atoms with E-state index in [0.29, 0.717) is 29.4 Å². The van der Waals surface area contributed by atoms with Crippen molar-refractivity contribution >= 4 is 46.0 Å². The molecule has 0 aliphatic carbocycles. The van der Waals surface area contributed by atoms with Gasteiger partial charge in [-0.2, -0.15) is 4.28 Å². The molecule has 0 saturated carbocycles. The average molecular weight is 516 g/mol. The Hall–Kier alpha value is -2.82. The number of nitrogens with zero attached hydrogens (tertiary/aromatic N) is 1. The number of ether oxygens (including phenoxy) is 2. The smallest absolute Gasteiger partial charge is 0.309 e. The van der Waals surface area contributed by atoms with Crippen molar-refractivity contribution in [2.45, 2.75) is 65.9 Å². The quantitative estimate of drug-likeness (QED) is 0.330. The van der Waals surface area contributed by atoms with Gasteiger partial charge in [0.1, 0.15) is 22.9 Å². The lowest BCUT2D eigenvalue weighted by Gasteiger charge is -2.38. The average Bonchev–Trinajstić information content (AvgIpc) is 3.20. The third-order valence-electron chi connectivity index (χ3n) is 6.37. The van der Waals surface area contributed by atoms with Crippen LogP contribution in [0, 0.1) is 20.8 Å². The van der Waals surface area contributed by atoms with Gasteiger partial charge >= 0.3 is 17.2 Å². The van der Waals surface area contributed by atoms with E-state index >= 15 is 0 Å². The van der Waals surface area contributed by atoms with Crippen LogP contribution in [0.4, 0.5) is 5.69 Å². The molecule has 0 bridgehead atoms. The molecule has 2 aromatic carbocycles. The van der Waals surface area contributed by atoms with Crippen LogP contribution in [0.3, 0.4) is 0 Å². The summed E-state index contributed by atoms with van der Waals surface area (Å²) in [5.41, 5.74) is 7.94. The summed E-state index contributed by atoms with van der Waals surface area (Å²) in [6.45, 7) is 9.43. The van der Waals surface area contributed by atoms with E-state index in [4.69, 9.17) is 26.0 Å². The Kier molecular flexibility index (Phi) is 7.25. The number of amidine groups is 1. The van der Waals surface area contributed by atoms with Gasteiger partial charge in [0.2, 0.25) is 0 Å². The molecule has 0 aromatic heterocycles. The highest BCUT2D eigenvalue weighted by molar-refractivity contribution is 7.80. The minimum Gasteiger partial charge on any atom is -0.487 e. The van der Waals surface area contributed by atoms with Gasteiger partial charge in [-0.3, -0.25) is 4.79 Å². The van der Waals surface area contributed by atoms with Crippen molar-refractivity contribution in [1.82, 2.24) is 5.48 Å². The summed E-state index contributed by atoms with van der Waals surface area (Å²) in [6.07, 6.45) is 2.68. The molecule has 2 aliphatic heterocycles. The van der Waals surface area contributed by atoms with E-state index < -0.39 is 16.9 Å². The second-order valence-electron chi connectivity index (χ2n) is 9.20. The van der Waals surface area contributed by atoms with Gasteiger partial charge in [0.05, 0.1) is 4.99 Å². The van der Waals surface area contributed by atoms with E-state index in [9.17, 15) is 9.00 Å². The molecule has 2 aliphatic rings. The number of carbonyl (C=O) groups excluding carboxylic acids is 1. The molecule has 4 rings (SSSR count). The molecule has 2 unspecified atom stereocenters. The third-order valence-corrected chi connectivity index (χ3v) is 7.21. The maximum atomic E-state index is 11.6. The maximum absolute atomic E-state index is 11.6. The summed E-state index contributed by atoms with van der Waals surface area (Å²) >= 11 is 4.02. The van der Waals surface area contributed by atoms with E-state index in [2.05, 4.69) is 22.1 Å². The van der Waals surface area contributed by atoms with Gasteiger partial charge in [0, 0.05) is 31.0 Å². The monoisotopic (exact) mass is 515 g/mol. The van der Waals surface area contributed by atoms with Gasteiger partial charge in [0.15, 0.2) is 0 Å². The van der Waals surface area contributed by atoms with Gasteiger partial charge in [-0.05, 0) is 74.9 Å². The van der Waals surface area contributed by atoms with Crippen LogP contribution in [0.5, 0.6) is 11.5 Å². The lowest BCUT2D eigenvalue weighted by Crippen LogP contribution is -2.40. The first-order valence-corrected chi connectivity index (χ1v) is 12.8. The predicted molar refractivity (Wildman–Crippen MR) is 140 cm³/mol. The molecule has 0 radical (unpaired) electrons. The second-order valence-corrected chi connectivity index (χ2v) is 10.5. The van der Waals surface area contributed by atoms with Crippen LogP contribution in [0.25, 0.3) is 0 Å². The van der Waals surface area contributed by atoms with Crippen molar-refractivity contribution in [1.29, 1.82) is 0 Å².